The van der Waals surface area contributed by atoms with Crippen molar-refractivity contribution >= 4 is 21.9 Å². The minimum Gasteiger partial charge on any atom is -0.394 e. The average molecular weight is 292 g/mol. The van der Waals surface area contributed by atoms with Crippen LogP contribution in [0.1, 0.15) is 12.6 Å². The zero-order valence-corrected chi connectivity index (χ0v) is 9.78. The van der Waals surface area contributed by atoms with Crippen molar-refractivity contribution in [2.75, 3.05) is 6.61 Å². The Morgan fingerprint density at radius 1 is 1.81 bits per heavy atom. The molecule has 0 radical (unpaired) electrons. The van der Waals surface area contributed by atoms with Crippen LogP contribution in [0.4, 0.5) is 5.95 Å². The van der Waals surface area contributed by atoms with Gasteiger partial charge in [0.1, 0.15) is 12.4 Å². The summed E-state index contributed by atoms with van der Waals surface area (Å²) >= 11 is 3.36. The Labute approximate surface area is 99.3 Å². The van der Waals surface area contributed by atoms with E-state index >= 15 is 0 Å². The number of hydrogen-bond acceptors (Lipinski definition) is 5. The Balaban J connectivity index is 2.20. The third-order valence-electron chi connectivity index (χ3n) is 2.46. The number of alkyl halides is 1. The van der Waals surface area contributed by atoms with E-state index in [0.29, 0.717) is 6.42 Å². The first kappa shape index (κ1) is 11.5. The summed E-state index contributed by atoms with van der Waals surface area (Å²) in [6.07, 6.45) is 2.62. The predicted molar refractivity (Wildman–Crippen MR) is 57.2 cm³/mol. The summed E-state index contributed by atoms with van der Waals surface area (Å²) < 4.78 is 6.84. The minimum atomic E-state index is -0.557. The summed E-state index contributed by atoms with van der Waals surface area (Å²) in [6.45, 7) is -0.116. The smallest absolute Gasteiger partial charge is 0.394 e. The van der Waals surface area contributed by atoms with Crippen LogP contribution >= 0.6 is 15.9 Å². The van der Waals surface area contributed by atoms with Crippen molar-refractivity contribution in [1.82, 2.24) is 9.55 Å². The fourth-order valence-corrected chi connectivity index (χ4v) is 2.31. The van der Waals surface area contributed by atoms with Crippen molar-refractivity contribution < 1.29 is 14.8 Å². The minimum absolute atomic E-state index is 0.00972. The molecular formula is C8H10BrN3O4. The fourth-order valence-electron chi connectivity index (χ4n) is 1.69. The van der Waals surface area contributed by atoms with Crippen molar-refractivity contribution in [2.24, 2.45) is 0 Å². The van der Waals surface area contributed by atoms with Crippen LogP contribution in [0, 0.1) is 10.1 Å². The quantitative estimate of drug-likeness (QED) is 0.506. The lowest BCUT2D eigenvalue weighted by atomic mass is 10.2. The van der Waals surface area contributed by atoms with Crippen molar-refractivity contribution in [3.8, 4) is 0 Å². The van der Waals surface area contributed by atoms with Crippen LogP contribution in [0.2, 0.25) is 0 Å². The van der Waals surface area contributed by atoms with E-state index in [4.69, 9.17) is 9.84 Å². The number of aromatic nitrogens is 2. The maximum atomic E-state index is 10.7. The monoisotopic (exact) mass is 291 g/mol. The number of imidazole rings is 1. The van der Waals surface area contributed by atoms with Crippen LogP contribution in [-0.4, -0.2) is 37.1 Å². The third kappa shape index (κ3) is 1.95. The van der Waals surface area contributed by atoms with Crippen molar-refractivity contribution in [1.29, 1.82) is 0 Å². The molecule has 0 saturated carbocycles. The number of nitro groups is 1. The molecule has 2 rings (SSSR count). The average Bonchev–Trinajstić information content (AvgIpc) is 2.82. The molecule has 88 valence electrons. The first-order chi connectivity index (χ1) is 7.63. The largest absolute Gasteiger partial charge is 0.436 e. The molecule has 1 fully saturated rings. The molecule has 1 aliphatic heterocycles. The van der Waals surface area contributed by atoms with Gasteiger partial charge in [-0.25, -0.2) is 4.57 Å². The number of aliphatic hydroxyl groups is 1. The molecule has 8 heteroatoms. The van der Waals surface area contributed by atoms with E-state index < -0.39 is 11.2 Å². The number of nitrogens with zero attached hydrogens (tertiary/aromatic N) is 3. The second-order valence-electron chi connectivity index (χ2n) is 3.46. The molecule has 7 nitrogen and oxygen atoms in total. The molecular weight excluding hydrogens is 282 g/mol. The number of ether oxygens (including phenoxy) is 1. The SMILES string of the molecule is O=[N+]([O-])c1nccn1[C@H]1C[C@H](Br)[C@@H](CO)O1. The Morgan fingerprint density at radius 2 is 2.56 bits per heavy atom. The summed E-state index contributed by atoms with van der Waals surface area (Å²) in [5.74, 6) is -0.247. The molecule has 16 heavy (non-hydrogen) atoms. The lowest BCUT2D eigenvalue weighted by Gasteiger charge is -2.11. The Hall–Kier alpha value is -0.990. The van der Waals surface area contributed by atoms with E-state index in [0.717, 1.165) is 0 Å². The summed E-state index contributed by atoms with van der Waals surface area (Å²) in [6, 6.07) is 0. The van der Waals surface area contributed by atoms with Crippen LogP contribution in [-0.2, 0) is 4.74 Å². The van der Waals surface area contributed by atoms with Gasteiger partial charge in [0.25, 0.3) is 0 Å². The van der Waals surface area contributed by atoms with Gasteiger partial charge in [-0.15, -0.1) is 0 Å². The van der Waals surface area contributed by atoms with Crippen molar-refractivity contribution in [3.63, 3.8) is 0 Å². The molecule has 0 bridgehead atoms. The van der Waals surface area contributed by atoms with E-state index in [1.807, 2.05) is 0 Å². The molecule has 0 aromatic carbocycles. The Bertz CT molecular complexity index is 396. The van der Waals surface area contributed by atoms with E-state index in [9.17, 15) is 10.1 Å². The maximum Gasteiger partial charge on any atom is 0.436 e. The third-order valence-corrected chi connectivity index (χ3v) is 3.43. The van der Waals surface area contributed by atoms with Gasteiger partial charge in [-0.3, -0.25) is 0 Å². The predicted octanol–water partition coefficient (Wildman–Crippen LogP) is 0.835. The van der Waals surface area contributed by atoms with Crippen LogP contribution in [0.3, 0.4) is 0 Å². The van der Waals surface area contributed by atoms with E-state index in [2.05, 4.69) is 20.9 Å². The van der Waals surface area contributed by atoms with Gasteiger partial charge >= 0.3 is 5.95 Å². The second kappa shape index (κ2) is 4.48. The summed E-state index contributed by atoms with van der Waals surface area (Å²) in [4.78, 5) is 13.8. The molecule has 0 aliphatic carbocycles. The van der Waals surface area contributed by atoms with Crippen molar-refractivity contribution in [3.05, 3.63) is 22.5 Å². The normalized spacial score (nSPS) is 29.5. The molecule has 1 aliphatic rings. The van der Waals surface area contributed by atoms with Gasteiger partial charge in [-0.2, -0.15) is 0 Å². The number of halogens is 1. The first-order valence-corrected chi connectivity index (χ1v) is 5.62. The first-order valence-electron chi connectivity index (χ1n) is 4.71. The van der Waals surface area contributed by atoms with Crippen molar-refractivity contribution in [2.45, 2.75) is 23.6 Å². The van der Waals surface area contributed by atoms with E-state index in [1.165, 1.54) is 17.0 Å². The van der Waals surface area contributed by atoms with Crippen LogP contribution in [0.5, 0.6) is 0 Å². The van der Waals surface area contributed by atoms with E-state index in [1.54, 1.807) is 0 Å². The summed E-state index contributed by atoms with van der Waals surface area (Å²) in [7, 11) is 0. The van der Waals surface area contributed by atoms with Gasteiger partial charge in [-0.1, -0.05) is 20.9 Å². The summed E-state index contributed by atoms with van der Waals surface area (Å²) in [5, 5.41) is 19.7. The Kier molecular flexibility index (Phi) is 3.22. The molecule has 0 unspecified atom stereocenters. The molecule has 1 aromatic heterocycles. The molecule has 1 N–H and O–H groups in total. The van der Waals surface area contributed by atoms with Gasteiger partial charge in [0.05, 0.1) is 12.7 Å². The maximum absolute atomic E-state index is 10.7. The number of rotatable bonds is 3. The molecule has 1 saturated heterocycles. The van der Waals surface area contributed by atoms with Gasteiger partial charge in [0, 0.05) is 11.2 Å². The van der Waals surface area contributed by atoms with Gasteiger partial charge in [0.15, 0.2) is 6.23 Å². The fraction of sp³-hybridized carbons (Fsp3) is 0.625. The molecule has 2 heterocycles. The zero-order valence-electron chi connectivity index (χ0n) is 8.19. The second-order valence-corrected chi connectivity index (χ2v) is 4.63. The zero-order chi connectivity index (χ0) is 11.7. The summed E-state index contributed by atoms with van der Waals surface area (Å²) in [5.41, 5.74) is 0. The van der Waals surface area contributed by atoms with E-state index in [-0.39, 0.29) is 23.5 Å². The van der Waals surface area contributed by atoms with Gasteiger partial charge in [0.2, 0.25) is 0 Å². The lowest BCUT2D eigenvalue weighted by molar-refractivity contribution is -0.398. The highest BCUT2D eigenvalue weighted by molar-refractivity contribution is 9.09. The van der Waals surface area contributed by atoms with Crippen LogP contribution in [0.25, 0.3) is 0 Å². The van der Waals surface area contributed by atoms with Crippen LogP contribution < -0.4 is 0 Å². The van der Waals surface area contributed by atoms with Gasteiger partial charge < -0.3 is 20.0 Å². The standard InChI is InChI=1S/C8H10BrN3O4/c9-5-3-7(16-6(5)4-13)11-2-1-10-8(11)12(14)15/h1-2,5-7,13H,3-4H2/t5-,6+,7+/m0/s1. The number of aliphatic hydroxyl groups excluding tert-OH is 1. The lowest BCUT2D eigenvalue weighted by Crippen LogP contribution is -2.20. The molecule has 1 aromatic rings. The molecule has 0 spiro atoms. The molecule has 3 atom stereocenters. The topological polar surface area (TPSA) is 90.4 Å². The van der Waals surface area contributed by atoms with Gasteiger partial charge in [-0.05, 0) is 4.92 Å². The highest BCUT2D eigenvalue weighted by Crippen LogP contribution is 2.34. The highest BCUT2D eigenvalue weighted by atomic mass is 79.9. The number of hydrogen-bond donors (Lipinski definition) is 1. The highest BCUT2D eigenvalue weighted by Gasteiger charge is 2.37. The Morgan fingerprint density at radius 3 is 3.12 bits per heavy atom. The molecule has 0 amide bonds. The van der Waals surface area contributed by atoms with Crippen LogP contribution in [0.15, 0.2) is 12.4 Å².